The summed E-state index contributed by atoms with van der Waals surface area (Å²) in [7, 11) is 1.72. The van der Waals surface area contributed by atoms with E-state index < -0.39 is 0 Å². The Morgan fingerprint density at radius 1 is 1.33 bits per heavy atom. The Labute approximate surface area is 57.6 Å². The Kier molecular flexibility index (Phi) is 4.72. The molecule has 0 aliphatic rings. The predicted molar refractivity (Wildman–Crippen MR) is 39.6 cm³/mol. The van der Waals surface area contributed by atoms with Crippen LogP contribution in [0.1, 0.15) is 20.8 Å². The van der Waals surface area contributed by atoms with Crippen LogP contribution in [0.3, 0.4) is 0 Å². The molecule has 0 bridgehead atoms. The number of hydrogen-bond acceptors (Lipinski definition) is 2. The Balaban J connectivity index is 3.15. The summed E-state index contributed by atoms with van der Waals surface area (Å²) in [5, 5.41) is 3.32. The van der Waals surface area contributed by atoms with Gasteiger partial charge in [-0.1, -0.05) is 13.8 Å². The van der Waals surface area contributed by atoms with Crippen molar-refractivity contribution in [2.45, 2.75) is 32.9 Å². The molecule has 0 aromatic carbocycles. The van der Waals surface area contributed by atoms with Crippen LogP contribution in [0.2, 0.25) is 0 Å². The van der Waals surface area contributed by atoms with Crippen LogP contribution in [0.15, 0.2) is 0 Å². The molecule has 0 aromatic heterocycles. The Hall–Kier alpha value is -0.0800. The van der Waals surface area contributed by atoms with Gasteiger partial charge < -0.3 is 10.1 Å². The molecule has 0 rings (SSSR count). The molecular formula is C7H17NO. The fourth-order valence-corrected chi connectivity index (χ4v) is 0.867. The zero-order chi connectivity index (χ0) is 7.28. The summed E-state index contributed by atoms with van der Waals surface area (Å²) in [6.07, 6.45) is 0. The molecule has 2 heteroatoms. The summed E-state index contributed by atoms with van der Waals surface area (Å²) in [6, 6.07) is 1.02. The summed E-state index contributed by atoms with van der Waals surface area (Å²) in [6.45, 7) is 7.17. The van der Waals surface area contributed by atoms with E-state index >= 15 is 0 Å². The molecule has 0 saturated carbocycles. The van der Waals surface area contributed by atoms with Gasteiger partial charge in [-0.05, 0) is 6.92 Å². The minimum absolute atomic E-state index is 0.468. The lowest BCUT2D eigenvalue weighted by atomic mass is 10.3. The van der Waals surface area contributed by atoms with Crippen molar-refractivity contribution in [3.8, 4) is 0 Å². The van der Waals surface area contributed by atoms with Gasteiger partial charge in [-0.3, -0.25) is 0 Å². The van der Waals surface area contributed by atoms with Crippen LogP contribution in [0, 0.1) is 0 Å². The van der Waals surface area contributed by atoms with Crippen LogP contribution in [-0.2, 0) is 4.74 Å². The van der Waals surface area contributed by atoms with Crippen LogP contribution >= 0.6 is 0 Å². The summed E-state index contributed by atoms with van der Waals surface area (Å²) in [5.74, 6) is 0. The van der Waals surface area contributed by atoms with E-state index in [2.05, 4.69) is 26.1 Å². The van der Waals surface area contributed by atoms with Gasteiger partial charge in [0, 0.05) is 19.2 Å². The lowest BCUT2D eigenvalue weighted by molar-refractivity contribution is 0.168. The van der Waals surface area contributed by atoms with Gasteiger partial charge in [0.15, 0.2) is 0 Å². The molecule has 1 N–H and O–H groups in total. The molecule has 0 spiro atoms. The van der Waals surface area contributed by atoms with Crippen molar-refractivity contribution in [3.63, 3.8) is 0 Å². The fourth-order valence-electron chi connectivity index (χ4n) is 0.867. The van der Waals surface area contributed by atoms with Crippen LogP contribution < -0.4 is 5.32 Å². The molecule has 0 aliphatic heterocycles. The van der Waals surface area contributed by atoms with Gasteiger partial charge in [-0.25, -0.2) is 0 Å². The van der Waals surface area contributed by atoms with Crippen molar-refractivity contribution < 1.29 is 4.74 Å². The first kappa shape index (κ1) is 8.92. The van der Waals surface area contributed by atoms with E-state index in [9.17, 15) is 0 Å². The van der Waals surface area contributed by atoms with E-state index in [0.717, 1.165) is 6.61 Å². The zero-order valence-electron chi connectivity index (χ0n) is 6.77. The second kappa shape index (κ2) is 4.77. The third-order valence-corrected chi connectivity index (χ3v) is 1.03. The average Bonchev–Trinajstić information content (AvgIpc) is 1.63. The van der Waals surface area contributed by atoms with Crippen molar-refractivity contribution in [2.24, 2.45) is 0 Å². The summed E-state index contributed by atoms with van der Waals surface area (Å²) in [5.41, 5.74) is 0. The van der Waals surface area contributed by atoms with Gasteiger partial charge in [-0.2, -0.15) is 0 Å². The summed E-state index contributed by atoms with van der Waals surface area (Å²) >= 11 is 0. The van der Waals surface area contributed by atoms with E-state index in [1.54, 1.807) is 7.11 Å². The largest absolute Gasteiger partial charge is 0.383 e. The molecule has 2 nitrogen and oxygen atoms in total. The highest BCUT2D eigenvalue weighted by atomic mass is 16.5. The second-order valence-corrected chi connectivity index (χ2v) is 2.68. The Morgan fingerprint density at radius 3 is 2.22 bits per heavy atom. The van der Waals surface area contributed by atoms with Gasteiger partial charge in [0.1, 0.15) is 0 Å². The molecule has 0 radical (unpaired) electrons. The lowest BCUT2D eigenvalue weighted by Crippen LogP contribution is -2.35. The number of methoxy groups -OCH3 is 1. The van der Waals surface area contributed by atoms with Crippen molar-refractivity contribution >= 4 is 0 Å². The molecule has 0 aliphatic carbocycles. The van der Waals surface area contributed by atoms with Gasteiger partial charge >= 0.3 is 0 Å². The van der Waals surface area contributed by atoms with Crippen LogP contribution in [-0.4, -0.2) is 25.8 Å². The second-order valence-electron chi connectivity index (χ2n) is 2.68. The van der Waals surface area contributed by atoms with Crippen molar-refractivity contribution in [3.05, 3.63) is 0 Å². The molecule has 0 aromatic rings. The first-order valence-corrected chi connectivity index (χ1v) is 3.41. The molecule has 0 fully saturated rings. The van der Waals surface area contributed by atoms with Gasteiger partial charge in [0.05, 0.1) is 6.61 Å². The van der Waals surface area contributed by atoms with Crippen LogP contribution in [0.5, 0.6) is 0 Å². The first-order chi connectivity index (χ1) is 4.16. The third kappa shape index (κ3) is 5.80. The highest BCUT2D eigenvalue weighted by molar-refractivity contribution is 4.61. The maximum Gasteiger partial charge on any atom is 0.0613 e. The topological polar surface area (TPSA) is 21.3 Å². The van der Waals surface area contributed by atoms with Crippen molar-refractivity contribution in [2.75, 3.05) is 13.7 Å². The first-order valence-electron chi connectivity index (χ1n) is 3.41. The van der Waals surface area contributed by atoms with Gasteiger partial charge in [0.25, 0.3) is 0 Å². The fraction of sp³-hybridized carbons (Fsp3) is 1.00. The highest BCUT2D eigenvalue weighted by Crippen LogP contribution is 1.85. The van der Waals surface area contributed by atoms with Crippen molar-refractivity contribution in [1.82, 2.24) is 5.32 Å². The maximum absolute atomic E-state index is 4.94. The average molecular weight is 131 g/mol. The molecule has 0 amide bonds. The minimum atomic E-state index is 0.468. The highest BCUT2D eigenvalue weighted by Gasteiger charge is 2.00. The standard InChI is InChI=1S/C7H17NO/c1-6(2)8-7(3)5-9-4/h6-8H,5H2,1-4H3. The molecule has 1 atom stereocenters. The van der Waals surface area contributed by atoms with Gasteiger partial charge in [-0.15, -0.1) is 0 Å². The zero-order valence-corrected chi connectivity index (χ0v) is 6.77. The lowest BCUT2D eigenvalue weighted by Gasteiger charge is -2.14. The molecule has 0 heterocycles. The van der Waals surface area contributed by atoms with E-state index in [1.807, 2.05) is 0 Å². The number of hydrogen-bond donors (Lipinski definition) is 1. The normalized spacial score (nSPS) is 14.3. The number of rotatable bonds is 4. The third-order valence-electron chi connectivity index (χ3n) is 1.03. The Morgan fingerprint density at radius 2 is 1.89 bits per heavy atom. The number of ether oxygens (including phenoxy) is 1. The van der Waals surface area contributed by atoms with Crippen LogP contribution in [0.25, 0.3) is 0 Å². The summed E-state index contributed by atoms with van der Waals surface area (Å²) < 4.78 is 4.94. The SMILES string of the molecule is COCC(C)NC(C)C. The van der Waals surface area contributed by atoms with Gasteiger partial charge in [0.2, 0.25) is 0 Å². The van der Waals surface area contributed by atoms with E-state index in [-0.39, 0.29) is 0 Å². The van der Waals surface area contributed by atoms with Crippen LogP contribution in [0.4, 0.5) is 0 Å². The molecule has 56 valence electrons. The number of nitrogens with one attached hydrogen (secondary N) is 1. The Bertz CT molecular complexity index is 63.9. The predicted octanol–water partition coefficient (Wildman–Crippen LogP) is 1.02. The minimum Gasteiger partial charge on any atom is -0.383 e. The molecule has 0 saturated heterocycles. The monoisotopic (exact) mass is 131 g/mol. The van der Waals surface area contributed by atoms with Crippen molar-refractivity contribution in [1.29, 1.82) is 0 Å². The quantitative estimate of drug-likeness (QED) is 0.615. The van der Waals surface area contributed by atoms with E-state index in [4.69, 9.17) is 4.74 Å². The summed E-state index contributed by atoms with van der Waals surface area (Å²) in [4.78, 5) is 0. The van der Waals surface area contributed by atoms with E-state index in [0.29, 0.717) is 12.1 Å². The molecular weight excluding hydrogens is 114 g/mol. The smallest absolute Gasteiger partial charge is 0.0613 e. The van der Waals surface area contributed by atoms with E-state index in [1.165, 1.54) is 0 Å². The molecule has 9 heavy (non-hydrogen) atoms. The molecule has 1 unspecified atom stereocenters. The maximum atomic E-state index is 4.94.